The van der Waals surface area contributed by atoms with Gasteiger partial charge in [0, 0.05) is 12.6 Å². The molecule has 0 fully saturated rings. The highest BCUT2D eigenvalue weighted by Gasteiger charge is 2.27. The predicted octanol–water partition coefficient (Wildman–Crippen LogP) is 0.901. The highest BCUT2D eigenvalue weighted by molar-refractivity contribution is 9.10. The molecule has 2 heterocycles. The van der Waals surface area contributed by atoms with E-state index in [-0.39, 0.29) is 6.04 Å². The molecular formula is C12H14BrN5O2. The Hall–Kier alpha value is -1.64. The lowest BCUT2D eigenvalue weighted by Gasteiger charge is -2.25. The SMILES string of the molecule is Cn1nnc(Br)c1C(NN)c1cccc2c1OCCO2. The summed E-state index contributed by atoms with van der Waals surface area (Å²) >= 11 is 3.39. The summed E-state index contributed by atoms with van der Waals surface area (Å²) < 4.78 is 13.6. The lowest BCUT2D eigenvalue weighted by molar-refractivity contribution is 0.169. The zero-order chi connectivity index (χ0) is 14.1. The monoisotopic (exact) mass is 339 g/mol. The van der Waals surface area contributed by atoms with Gasteiger partial charge in [-0.1, -0.05) is 17.3 Å². The van der Waals surface area contributed by atoms with E-state index < -0.39 is 0 Å². The van der Waals surface area contributed by atoms with Crippen molar-refractivity contribution in [3.05, 3.63) is 34.1 Å². The zero-order valence-electron chi connectivity index (χ0n) is 10.8. The summed E-state index contributed by atoms with van der Waals surface area (Å²) in [7, 11) is 1.81. The van der Waals surface area contributed by atoms with Crippen LogP contribution in [0, 0.1) is 0 Å². The molecule has 3 N–H and O–H groups in total. The largest absolute Gasteiger partial charge is 0.486 e. The van der Waals surface area contributed by atoms with Crippen molar-refractivity contribution in [1.29, 1.82) is 0 Å². The van der Waals surface area contributed by atoms with Gasteiger partial charge in [0.1, 0.15) is 13.2 Å². The van der Waals surface area contributed by atoms with Crippen LogP contribution in [0.25, 0.3) is 0 Å². The van der Waals surface area contributed by atoms with Gasteiger partial charge in [-0.2, -0.15) is 0 Å². The molecule has 1 aromatic carbocycles. The second-order valence-electron chi connectivity index (χ2n) is 4.36. The number of para-hydroxylation sites is 1. The van der Waals surface area contributed by atoms with Crippen molar-refractivity contribution in [3.8, 4) is 11.5 Å². The number of hydrazine groups is 1. The Morgan fingerprint density at radius 3 is 2.90 bits per heavy atom. The number of nitrogens with two attached hydrogens (primary N) is 1. The number of nitrogens with zero attached hydrogens (tertiary/aromatic N) is 3. The number of halogens is 1. The van der Waals surface area contributed by atoms with Crippen LogP contribution < -0.4 is 20.7 Å². The van der Waals surface area contributed by atoms with Gasteiger partial charge in [-0.15, -0.1) is 5.10 Å². The molecule has 7 nitrogen and oxygen atoms in total. The second kappa shape index (κ2) is 5.39. The Kier molecular flexibility index (Phi) is 3.60. The van der Waals surface area contributed by atoms with Gasteiger partial charge in [-0.25, -0.2) is 10.1 Å². The van der Waals surface area contributed by atoms with Crippen LogP contribution in [-0.4, -0.2) is 28.2 Å². The first-order valence-electron chi connectivity index (χ1n) is 6.12. The highest BCUT2D eigenvalue weighted by atomic mass is 79.9. The maximum atomic E-state index is 5.73. The highest BCUT2D eigenvalue weighted by Crippen LogP contribution is 2.39. The van der Waals surface area contributed by atoms with E-state index in [0.29, 0.717) is 23.6 Å². The standard InChI is InChI=1S/C12H14BrN5O2/c1-18-10(12(13)16-17-18)9(15-14)7-3-2-4-8-11(7)20-6-5-19-8/h2-4,9,15H,5-6,14H2,1H3. The minimum absolute atomic E-state index is 0.305. The first-order chi connectivity index (χ1) is 9.72. The third-order valence-electron chi connectivity index (χ3n) is 3.17. The van der Waals surface area contributed by atoms with Crippen LogP contribution in [0.1, 0.15) is 17.3 Å². The molecule has 1 aromatic heterocycles. The van der Waals surface area contributed by atoms with Gasteiger partial charge in [0.05, 0.1) is 11.7 Å². The van der Waals surface area contributed by atoms with Gasteiger partial charge < -0.3 is 9.47 Å². The molecule has 3 rings (SSSR count). The fraction of sp³-hybridized carbons (Fsp3) is 0.333. The van der Waals surface area contributed by atoms with E-state index in [9.17, 15) is 0 Å². The van der Waals surface area contributed by atoms with Gasteiger partial charge in [0.25, 0.3) is 0 Å². The summed E-state index contributed by atoms with van der Waals surface area (Å²) in [6.45, 7) is 1.07. The Bertz CT molecular complexity index is 611. The molecule has 0 amide bonds. The average Bonchev–Trinajstić information content (AvgIpc) is 2.81. The molecule has 0 aliphatic carbocycles. The summed E-state index contributed by atoms with van der Waals surface area (Å²) in [5, 5.41) is 7.96. The minimum Gasteiger partial charge on any atom is -0.486 e. The zero-order valence-corrected chi connectivity index (χ0v) is 12.4. The summed E-state index contributed by atoms with van der Waals surface area (Å²) in [5.74, 6) is 7.16. The van der Waals surface area contributed by atoms with Crippen LogP contribution in [0.2, 0.25) is 0 Å². The van der Waals surface area contributed by atoms with Crippen molar-refractivity contribution >= 4 is 15.9 Å². The van der Waals surface area contributed by atoms with E-state index >= 15 is 0 Å². The van der Waals surface area contributed by atoms with Crippen molar-refractivity contribution < 1.29 is 9.47 Å². The summed E-state index contributed by atoms with van der Waals surface area (Å²) in [6.07, 6.45) is 0. The Labute approximate surface area is 124 Å². The molecule has 0 saturated heterocycles. The first kappa shape index (κ1) is 13.3. The molecule has 2 aromatic rings. The second-order valence-corrected chi connectivity index (χ2v) is 5.11. The molecule has 0 radical (unpaired) electrons. The van der Waals surface area contributed by atoms with Crippen molar-refractivity contribution in [2.45, 2.75) is 6.04 Å². The van der Waals surface area contributed by atoms with E-state index in [0.717, 1.165) is 17.0 Å². The van der Waals surface area contributed by atoms with Crippen molar-refractivity contribution in [2.24, 2.45) is 12.9 Å². The van der Waals surface area contributed by atoms with E-state index in [1.807, 2.05) is 25.2 Å². The van der Waals surface area contributed by atoms with Gasteiger partial charge in [0.2, 0.25) is 0 Å². The first-order valence-corrected chi connectivity index (χ1v) is 6.91. The van der Waals surface area contributed by atoms with Gasteiger partial charge in [0.15, 0.2) is 16.1 Å². The molecule has 0 bridgehead atoms. The molecule has 8 heteroatoms. The lowest BCUT2D eigenvalue weighted by atomic mass is 10.0. The molecule has 106 valence electrons. The number of aromatic nitrogens is 3. The van der Waals surface area contributed by atoms with Crippen LogP contribution in [0.3, 0.4) is 0 Å². The van der Waals surface area contributed by atoms with E-state index in [1.165, 1.54) is 0 Å². The maximum Gasteiger partial charge on any atom is 0.166 e. The Morgan fingerprint density at radius 2 is 2.20 bits per heavy atom. The minimum atomic E-state index is -0.305. The molecule has 1 aliphatic rings. The van der Waals surface area contributed by atoms with Crippen molar-refractivity contribution in [3.63, 3.8) is 0 Å². The van der Waals surface area contributed by atoms with Crippen LogP contribution in [0.4, 0.5) is 0 Å². The topological polar surface area (TPSA) is 87.2 Å². The van der Waals surface area contributed by atoms with E-state index in [4.69, 9.17) is 15.3 Å². The normalized spacial score (nSPS) is 15.2. The lowest BCUT2D eigenvalue weighted by Crippen LogP contribution is -2.31. The average molecular weight is 340 g/mol. The number of nitrogens with one attached hydrogen (secondary N) is 1. The molecule has 0 saturated carbocycles. The van der Waals surface area contributed by atoms with E-state index in [2.05, 4.69) is 31.7 Å². The third kappa shape index (κ3) is 2.15. The van der Waals surface area contributed by atoms with Crippen molar-refractivity contribution in [1.82, 2.24) is 20.4 Å². The van der Waals surface area contributed by atoms with Crippen LogP contribution in [0.5, 0.6) is 11.5 Å². The number of hydrogen-bond donors (Lipinski definition) is 2. The van der Waals surface area contributed by atoms with Crippen LogP contribution in [0.15, 0.2) is 22.8 Å². The summed E-state index contributed by atoms with van der Waals surface area (Å²) in [4.78, 5) is 0. The predicted molar refractivity (Wildman–Crippen MR) is 75.3 cm³/mol. The van der Waals surface area contributed by atoms with Gasteiger partial charge in [-0.3, -0.25) is 5.84 Å². The molecule has 20 heavy (non-hydrogen) atoms. The Morgan fingerprint density at radius 1 is 1.40 bits per heavy atom. The molecule has 1 unspecified atom stereocenters. The molecule has 0 spiro atoms. The van der Waals surface area contributed by atoms with Crippen LogP contribution in [-0.2, 0) is 7.05 Å². The number of aryl methyl sites for hydroxylation is 1. The van der Waals surface area contributed by atoms with Gasteiger partial charge in [-0.05, 0) is 22.0 Å². The number of ether oxygens (including phenoxy) is 2. The third-order valence-corrected chi connectivity index (χ3v) is 3.74. The smallest absolute Gasteiger partial charge is 0.166 e. The number of rotatable bonds is 3. The number of benzene rings is 1. The molecule has 1 atom stereocenters. The van der Waals surface area contributed by atoms with E-state index in [1.54, 1.807) is 4.68 Å². The van der Waals surface area contributed by atoms with Crippen molar-refractivity contribution in [2.75, 3.05) is 13.2 Å². The van der Waals surface area contributed by atoms with Gasteiger partial charge >= 0.3 is 0 Å². The molecular weight excluding hydrogens is 326 g/mol. The fourth-order valence-corrected chi connectivity index (χ4v) is 2.84. The molecule has 1 aliphatic heterocycles. The summed E-state index contributed by atoms with van der Waals surface area (Å²) in [6, 6.07) is 5.42. The quantitative estimate of drug-likeness (QED) is 0.638. The summed E-state index contributed by atoms with van der Waals surface area (Å²) in [5.41, 5.74) is 4.49. The van der Waals surface area contributed by atoms with Crippen LogP contribution >= 0.6 is 15.9 Å². The number of hydrogen-bond acceptors (Lipinski definition) is 6. The fourth-order valence-electron chi connectivity index (χ4n) is 2.28. The number of fused-ring (bicyclic) bond motifs is 1. The maximum absolute atomic E-state index is 5.73. The Balaban J connectivity index is 2.11.